The molecule has 1 aromatic carbocycles. The Morgan fingerprint density at radius 2 is 2.06 bits per heavy atom. The second-order valence-electron chi connectivity index (χ2n) is 8.14. The number of halogens is 3. The number of nitrogens with zero attached hydrogens (tertiary/aromatic N) is 2. The van der Waals surface area contributed by atoms with E-state index < -0.39 is 12.6 Å². The highest BCUT2D eigenvalue weighted by atomic mass is 19.4. The minimum atomic E-state index is -4.25. The summed E-state index contributed by atoms with van der Waals surface area (Å²) in [5.41, 5.74) is 4.76. The van der Waals surface area contributed by atoms with Crippen molar-refractivity contribution in [2.75, 3.05) is 18.5 Å². The molecule has 170 valence electrons. The van der Waals surface area contributed by atoms with Gasteiger partial charge in [0.05, 0.1) is 24.0 Å². The van der Waals surface area contributed by atoms with Gasteiger partial charge in [0.2, 0.25) is 0 Å². The zero-order valence-electron chi connectivity index (χ0n) is 17.7. The molecule has 3 N–H and O–H groups in total. The molecule has 0 spiro atoms. The van der Waals surface area contributed by atoms with Crippen LogP contribution in [0, 0.1) is 6.92 Å². The van der Waals surface area contributed by atoms with Gasteiger partial charge in [0, 0.05) is 36.5 Å². The van der Waals surface area contributed by atoms with Crippen molar-refractivity contribution in [2.24, 2.45) is 0 Å². The molecule has 1 saturated carbocycles. The maximum absolute atomic E-state index is 12.6. The van der Waals surface area contributed by atoms with Crippen LogP contribution >= 0.6 is 0 Å². The van der Waals surface area contributed by atoms with Crippen molar-refractivity contribution in [2.45, 2.75) is 44.8 Å². The Balaban J connectivity index is 1.66. The molecule has 0 atom stereocenters. The first kappa shape index (κ1) is 22.1. The van der Waals surface area contributed by atoms with E-state index in [1.54, 1.807) is 22.7 Å². The number of fused-ring (bicyclic) bond motifs is 1. The van der Waals surface area contributed by atoms with E-state index in [0.717, 1.165) is 35.2 Å². The predicted octanol–water partition coefficient (Wildman–Crippen LogP) is 4.10. The molecule has 2 aromatic heterocycles. The van der Waals surface area contributed by atoms with Crippen molar-refractivity contribution in [1.82, 2.24) is 14.7 Å². The fourth-order valence-electron chi connectivity index (χ4n) is 3.66. The lowest BCUT2D eigenvalue weighted by atomic mass is 10.0. The van der Waals surface area contributed by atoms with Crippen LogP contribution in [0.5, 0.6) is 0 Å². The molecule has 1 fully saturated rings. The number of nitrogens with one attached hydrogen (secondary N) is 2. The number of amides is 1. The van der Waals surface area contributed by atoms with Crippen LogP contribution < -0.4 is 10.6 Å². The summed E-state index contributed by atoms with van der Waals surface area (Å²) >= 11 is 0. The highest BCUT2D eigenvalue weighted by Gasteiger charge is 2.26. The topological polar surface area (TPSA) is 78.7 Å². The number of alkyl halides is 3. The number of rotatable bonds is 8. The second-order valence-corrected chi connectivity index (χ2v) is 8.14. The summed E-state index contributed by atoms with van der Waals surface area (Å²) in [4.78, 5) is 16.8. The number of aliphatic hydroxyl groups is 1. The standard InChI is InChI=1S/C23H25F3N4O2/c1-14-10-16(2-5-18(14)22(32)29-17-3-4-17)20-12-28-21-19(27-8-7-23(24,25)26)11-15(6-9-31)13-30(20)21/h2,5,10-13,17,27,31H,3-4,6-9H2,1H3,(H,29,32). The van der Waals surface area contributed by atoms with Crippen LogP contribution in [-0.2, 0) is 6.42 Å². The zero-order valence-corrected chi connectivity index (χ0v) is 17.7. The molecule has 0 aliphatic heterocycles. The Kier molecular flexibility index (Phi) is 6.10. The fourth-order valence-corrected chi connectivity index (χ4v) is 3.66. The number of hydrogen-bond acceptors (Lipinski definition) is 4. The van der Waals surface area contributed by atoms with Crippen LogP contribution in [0.2, 0.25) is 0 Å². The number of benzene rings is 1. The number of imidazole rings is 1. The first-order chi connectivity index (χ1) is 15.2. The average molecular weight is 446 g/mol. The van der Waals surface area contributed by atoms with E-state index in [1.807, 2.05) is 25.3 Å². The summed E-state index contributed by atoms with van der Waals surface area (Å²) in [6.45, 7) is 1.52. The maximum Gasteiger partial charge on any atom is 0.390 e. The van der Waals surface area contributed by atoms with Gasteiger partial charge in [-0.2, -0.15) is 13.2 Å². The lowest BCUT2D eigenvalue weighted by molar-refractivity contribution is -0.131. The first-order valence-electron chi connectivity index (χ1n) is 10.6. The van der Waals surface area contributed by atoms with E-state index in [4.69, 9.17) is 0 Å². The lowest BCUT2D eigenvalue weighted by Crippen LogP contribution is -2.26. The third kappa shape index (κ3) is 5.04. The third-order valence-electron chi connectivity index (χ3n) is 5.47. The van der Waals surface area contributed by atoms with E-state index in [0.29, 0.717) is 23.3 Å². The molecule has 0 unspecified atom stereocenters. The summed E-state index contributed by atoms with van der Waals surface area (Å²) in [5.74, 6) is -0.0870. The highest BCUT2D eigenvalue weighted by molar-refractivity contribution is 5.96. The SMILES string of the molecule is Cc1cc(-c2cnc3c(NCCC(F)(F)F)cc(CCO)cn23)ccc1C(=O)NC1CC1. The van der Waals surface area contributed by atoms with Crippen LogP contribution in [0.1, 0.15) is 40.7 Å². The molecule has 1 aliphatic carbocycles. The van der Waals surface area contributed by atoms with Gasteiger partial charge in [0.15, 0.2) is 5.65 Å². The Bertz CT molecular complexity index is 1140. The summed E-state index contributed by atoms with van der Waals surface area (Å²) in [6, 6.07) is 7.51. The Labute approximate surface area is 183 Å². The molecule has 6 nitrogen and oxygen atoms in total. The van der Waals surface area contributed by atoms with Crippen molar-refractivity contribution in [3.8, 4) is 11.3 Å². The van der Waals surface area contributed by atoms with Crippen molar-refractivity contribution in [1.29, 1.82) is 0 Å². The number of hydrogen-bond donors (Lipinski definition) is 3. The minimum absolute atomic E-state index is 0.0819. The second kappa shape index (κ2) is 8.82. The minimum Gasteiger partial charge on any atom is -0.396 e. The van der Waals surface area contributed by atoms with E-state index in [9.17, 15) is 23.1 Å². The highest BCUT2D eigenvalue weighted by Crippen LogP contribution is 2.29. The van der Waals surface area contributed by atoms with Gasteiger partial charge in [-0.25, -0.2) is 4.98 Å². The quantitative estimate of drug-likeness (QED) is 0.487. The van der Waals surface area contributed by atoms with Crippen molar-refractivity contribution >= 4 is 17.2 Å². The largest absolute Gasteiger partial charge is 0.396 e. The van der Waals surface area contributed by atoms with Gasteiger partial charge >= 0.3 is 6.18 Å². The molecular formula is C23H25F3N4O2. The van der Waals surface area contributed by atoms with E-state index in [-0.39, 0.29) is 25.1 Å². The molecule has 0 saturated heterocycles. The van der Waals surface area contributed by atoms with Crippen LogP contribution in [0.4, 0.5) is 18.9 Å². The fraction of sp³-hybridized carbons (Fsp3) is 0.391. The van der Waals surface area contributed by atoms with Crippen molar-refractivity contribution < 1.29 is 23.1 Å². The van der Waals surface area contributed by atoms with E-state index in [2.05, 4.69) is 15.6 Å². The van der Waals surface area contributed by atoms with Gasteiger partial charge in [0.1, 0.15) is 0 Å². The molecular weight excluding hydrogens is 421 g/mol. The number of carbonyl (C=O) groups is 1. The molecule has 9 heteroatoms. The molecule has 2 heterocycles. The first-order valence-corrected chi connectivity index (χ1v) is 10.6. The van der Waals surface area contributed by atoms with Gasteiger partial charge in [-0.15, -0.1) is 0 Å². The molecule has 32 heavy (non-hydrogen) atoms. The average Bonchev–Trinajstić information content (AvgIpc) is 3.42. The predicted molar refractivity (Wildman–Crippen MR) is 116 cm³/mol. The van der Waals surface area contributed by atoms with Crippen molar-refractivity contribution in [3.63, 3.8) is 0 Å². The van der Waals surface area contributed by atoms with Crippen LogP contribution in [0.15, 0.2) is 36.7 Å². The number of aliphatic hydroxyl groups excluding tert-OH is 1. The molecule has 1 amide bonds. The number of carbonyl (C=O) groups excluding carboxylic acids is 1. The molecule has 0 bridgehead atoms. The lowest BCUT2D eigenvalue weighted by Gasteiger charge is -2.13. The molecule has 3 aromatic rings. The van der Waals surface area contributed by atoms with Crippen LogP contribution in [0.25, 0.3) is 16.9 Å². The third-order valence-corrected chi connectivity index (χ3v) is 5.47. The molecule has 4 rings (SSSR count). The van der Waals surface area contributed by atoms with Gasteiger partial charge in [-0.05, 0) is 55.5 Å². The van der Waals surface area contributed by atoms with Gasteiger partial charge < -0.3 is 15.7 Å². The summed E-state index contributed by atoms with van der Waals surface area (Å²) in [7, 11) is 0. The Hall–Kier alpha value is -3.07. The normalized spacial score (nSPS) is 14.0. The summed E-state index contributed by atoms with van der Waals surface area (Å²) in [5, 5.41) is 15.2. The number of anilines is 1. The zero-order chi connectivity index (χ0) is 22.9. The maximum atomic E-state index is 12.6. The number of aromatic nitrogens is 2. The van der Waals surface area contributed by atoms with E-state index >= 15 is 0 Å². The molecule has 0 radical (unpaired) electrons. The molecule has 1 aliphatic rings. The van der Waals surface area contributed by atoms with Gasteiger partial charge in [-0.3, -0.25) is 9.20 Å². The summed E-state index contributed by atoms with van der Waals surface area (Å²) in [6.07, 6.45) is 0.664. The van der Waals surface area contributed by atoms with Crippen LogP contribution in [0.3, 0.4) is 0 Å². The smallest absolute Gasteiger partial charge is 0.390 e. The van der Waals surface area contributed by atoms with E-state index in [1.165, 1.54) is 0 Å². The monoisotopic (exact) mass is 446 g/mol. The van der Waals surface area contributed by atoms with Gasteiger partial charge in [0.25, 0.3) is 5.91 Å². The van der Waals surface area contributed by atoms with Crippen molar-refractivity contribution in [3.05, 3.63) is 53.3 Å². The number of pyridine rings is 1. The van der Waals surface area contributed by atoms with Gasteiger partial charge in [-0.1, -0.05) is 6.07 Å². The summed E-state index contributed by atoms with van der Waals surface area (Å²) < 4.78 is 39.5. The Morgan fingerprint density at radius 1 is 1.28 bits per heavy atom. The van der Waals surface area contributed by atoms with Crippen LogP contribution in [-0.4, -0.2) is 45.8 Å². The Morgan fingerprint density at radius 3 is 2.72 bits per heavy atom. The number of aryl methyl sites for hydroxylation is 1.